The fraction of sp³-hybridized carbons (Fsp3) is 0.294. The van der Waals surface area contributed by atoms with E-state index < -0.39 is 24.3 Å². The van der Waals surface area contributed by atoms with Crippen LogP contribution in [0.2, 0.25) is 0 Å². The van der Waals surface area contributed by atoms with Gasteiger partial charge in [0, 0.05) is 30.3 Å². The summed E-state index contributed by atoms with van der Waals surface area (Å²) in [5, 5.41) is 12.8. The second-order valence-corrected chi connectivity index (χ2v) is 5.30. The van der Waals surface area contributed by atoms with Crippen LogP contribution >= 0.6 is 0 Å². The molecule has 0 radical (unpaired) electrons. The summed E-state index contributed by atoms with van der Waals surface area (Å²) in [4.78, 5) is 0. The summed E-state index contributed by atoms with van der Waals surface area (Å²) in [6.07, 6.45) is -1.20. The van der Waals surface area contributed by atoms with Crippen molar-refractivity contribution in [2.45, 2.75) is 26.2 Å². The molecule has 0 amide bonds. The minimum atomic E-state index is -2.94. The molecule has 2 aromatic rings. The van der Waals surface area contributed by atoms with Gasteiger partial charge in [0.25, 0.3) is 0 Å². The third kappa shape index (κ3) is 4.94. The Morgan fingerprint density at radius 2 is 1.88 bits per heavy atom. The predicted octanol–water partition coefficient (Wildman–Crippen LogP) is 3.70. The Morgan fingerprint density at radius 3 is 2.54 bits per heavy atom. The number of halogens is 4. The highest BCUT2D eigenvalue weighted by atomic mass is 19.3. The van der Waals surface area contributed by atoms with E-state index in [1.165, 1.54) is 6.07 Å². The topological polar surface area (TPSA) is 41.5 Å². The Balaban J connectivity index is 1.99. The van der Waals surface area contributed by atoms with Crippen LogP contribution in [0.4, 0.5) is 17.6 Å². The van der Waals surface area contributed by atoms with Gasteiger partial charge in [0.2, 0.25) is 0 Å². The van der Waals surface area contributed by atoms with Crippen molar-refractivity contribution in [1.29, 1.82) is 0 Å². The van der Waals surface area contributed by atoms with Crippen LogP contribution in [0.25, 0.3) is 0 Å². The number of aliphatic hydroxyl groups is 1. The molecule has 0 bridgehead atoms. The molecule has 0 aliphatic carbocycles. The Hall–Kier alpha value is -2.12. The van der Waals surface area contributed by atoms with Gasteiger partial charge in [-0.2, -0.15) is 8.78 Å². The van der Waals surface area contributed by atoms with Crippen LogP contribution in [-0.4, -0.2) is 18.3 Å². The molecular weight excluding hydrogens is 326 g/mol. The lowest BCUT2D eigenvalue weighted by Crippen LogP contribution is -2.22. The molecule has 0 saturated heterocycles. The first-order valence-electron chi connectivity index (χ1n) is 7.25. The van der Waals surface area contributed by atoms with Crippen LogP contribution in [0.15, 0.2) is 36.4 Å². The van der Waals surface area contributed by atoms with Crippen molar-refractivity contribution < 1.29 is 27.4 Å². The average Bonchev–Trinajstić information content (AvgIpc) is 2.49. The molecule has 7 heteroatoms. The summed E-state index contributed by atoms with van der Waals surface area (Å²) >= 11 is 0. The van der Waals surface area contributed by atoms with Crippen LogP contribution in [0, 0.1) is 18.6 Å². The summed E-state index contributed by atoms with van der Waals surface area (Å²) in [6.45, 7) is -1.03. The van der Waals surface area contributed by atoms with Gasteiger partial charge < -0.3 is 15.2 Å². The molecule has 0 unspecified atom stereocenters. The van der Waals surface area contributed by atoms with Crippen molar-refractivity contribution in [3.8, 4) is 5.75 Å². The quantitative estimate of drug-likeness (QED) is 0.754. The number of benzene rings is 2. The van der Waals surface area contributed by atoms with E-state index in [2.05, 4.69) is 10.1 Å². The van der Waals surface area contributed by atoms with E-state index in [4.69, 9.17) is 0 Å². The van der Waals surface area contributed by atoms with E-state index in [1.807, 2.05) is 0 Å². The van der Waals surface area contributed by atoms with Gasteiger partial charge in [-0.05, 0) is 19.1 Å². The van der Waals surface area contributed by atoms with Gasteiger partial charge >= 0.3 is 6.61 Å². The van der Waals surface area contributed by atoms with Crippen LogP contribution < -0.4 is 10.1 Å². The molecule has 2 N–H and O–H groups in total. The van der Waals surface area contributed by atoms with Crippen molar-refractivity contribution in [2.24, 2.45) is 0 Å². The Kier molecular flexibility index (Phi) is 6.16. The molecule has 0 spiro atoms. The number of ether oxygens (including phenoxy) is 1. The van der Waals surface area contributed by atoms with E-state index >= 15 is 0 Å². The zero-order chi connectivity index (χ0) is 17.7. The van der Waals surface area contributed by atoms with Gasteiger partial charge in [-0.3, -0.25) is 0 Å². The monoisotopic (exact) mass is 343 g/mol. The third-order valence-corrected chi connectivity index (χ3v) is 3.41. The lowest BCUT2D eigenvalue weighted by Gasteiger charge is -2.15. The first-order chi connectivity index (χ1) is 11.4. The highest BCUT2D eigenvalue weighted by Crippen LogP contribution is 2.22. The Labute approximate surface area is 136 Å². The molecule has 130 valence electrons. The minimum Gasteiger partial charge on any atom is -0.434 e. The van der Waals surface area contributed by atoms with Gasteiger partial charge in [-0.1, -0.05) is 23.8 Å². The molecule has 0 aliphatic heterocycles. The molecule has 1 atom stereocenters. The number of hydrogen-bond donors (Lipinski definition) is 2. The standard InChI is InChI=1S/C17H17F4NO2/c1-10-2-5-16(24-17(20)21)11(6-10)8-22-9-15(23)13-4-3-12(18)7-14(13)19/h2-7,15,17,22-23H,8-9H2,1H3/t15-/m0/s1. The molecule has 0 aromatic heterocycles. The van der Waals surface area contributed by atoms with Gasteiger partial charge in [-0.15, -0.1) is 0 Å². The molecule has 2 aromatic carbocycles. The second-order valence-electron chi connectivity index (χ2n) is 5.30. The van der Waals surface area contributed by atoms with Gasteiger partial charge in [-0.25, -0.2) is 8.78 Å². The highest BCUT2D eigenvalue weighted by molar-refractivity contribution is 5.37. The molecule has 0 saturated carbocycles. The van der Waals surface area contributed by atoms with E-state index in [-0.39, 0.29) is 24.4 Å². The lowest BCUT2D eigenvalue weighted by molar-refractivity contribution is -0.0505. The third-order valence-electron chi connectivity index (χ3n) is 3.41. The first-order valence-corrected chi connectivity index (χ1v) is 7.25. The average molecular weight is 343 g/mol. The molecule has 0 aliphatic rings. The number of nitrogens with one attached hydrogen (secondary N) is 1. The summed E-state index contributed by atoms with van der Waals surface area (Å²) in [5.41, 5.74) is 1.30. The normalized spacial score (nSPS) is 12.5. The number of aliphatic hydroxyl groups excluding tert-OH is 1. The van der Waals surface area contributed by atoms with E-state index in [1.54, 1.807) is 19.1 Å². The van der Waals surface area contributed by atoms with Gasteiger partial charge in [0.15, 0.2) is 0 Å². The van der Waals surface area contributed by atoms with Crippen molar-refractivity contribution in [2.75, 3.05) is 6.54 Å². The molecule has 0 heterocycles. The fourth-order valence-electron chi connectivity index (χ4n) is 2.28. The summed E-state index contributed by atoms with van der Waals surface area (Å²) in [7, 11) is 0. The Morgan fingerprint density at radius 1 is 1.12 bits per heavy atom. The van der Waals surface area contributed by atoms with Crippen molar-refractivity contribution in [3.05, 3.63) is 64.7 Å². The van der Waals surface area contributed by atoms with Gasteiger partial charge in [0.05, 0.1) is 6.10 Å². The summed E-state index contributed by atoms with van der Waals surface area (Å²) in [5.74, 6) is -1.54. The lowest BCUT2D eigenvalue weighted by atomic mass is 10.1. The highest BCUT2D eigenvalue weighted by Gasteiger charge is 2.14. The van der Waals surface area contributed by atoms with E-state index in [9.17, 15) is 22.7 Å². The minimum absolute atomic E-state index is 0.0329. The molecule has 3 nitrogen and oxygen atoms in total. The fourth-order valence-corrected chi connectivity index (χ4v) is 2.28. The predicted molar refractivity (Wildman–Crippen MR) is 80.8 cm³/mol. The van der Waals surface area contributed by atoms with Crippen LogP contribution in [0.1, 0.15) is 22.8 Å². The van der Waals surface area contributed by atoms with Gasteiger partial charge in [0.1, 0.15) is 17.4 Å². The first kappa shape index (κ1) is 18.2. The number of hydrogen-bond acceptors (Lipinski definition) is 3. The smallest absolute Gasteiger partial charge is 0.387 e. The number of alkyl halides is 2. The van der Waals surface area contributed by atoms with Crippen LogP contribution in [0.5, 0.6) is 5.75 Å². The molecule has 2 rings (SSSR count). The maximum absolute atomic E-state index is 13.6. The zero-order valence-corrected chi connectivity index (χ0v) is 12.9. The van der Waals surface area contributed by atoms with Crippen molar-refractivity contribution in [1.82, 2.24) is 5.32 Å². The zero-order valence-electron chi connectivity index (χ0n) is 12.9. The number of rotatable bonds is 7. The van der Waals surface area contributed by atoms with Crippen LogP contribution in [0.3, 0.4) is 0 Å². The molecule has 0 fully saturated rings. The molecular formula is C17H17F4NO2. The van der Waals surface area contributed by atoms with E-state index in [0.29, 0.717) is 11.6 Å². The van der Waals surface area contributed by atoms with Crippen molar-refractivity contribution in [3.63, 3.8) is 0 Å². The van der Waals surface area contributed by atoms with Crippen molar-refractivity contribution >= 4 is 0 Å². The largest absolute Gasteiger partial charge is 0.434 e. The second kappa shape index (κ2) is 8.12. The maximum atomic E-state index is 13.6. The summed E-state index contributed by atoms with van der Waals surface area (Å²) in [6, 6.07) is 7.66. The molecule has 24 heavy (non-hydrogen) atoms. The summed E-state index contributed by atoms with van der Waals surface area (Å²) < 4.78 is 55.7. The SMILES string of the molecule is Cc1ccc(OC(F)F)c(CNC[C@H](O)c2ccc(F)cc2F)c1. The number of aryl methyl sites for hydroxylation is 1. The van der Waals surface area contributed by atoms with Crippen LogP contribution in [-0.2, 0) is 6.54 Å². The van der Waals surface area contributed by atoms with E-state index in [0.717, 1.165) is 17.7 Å². The Bertz CT molecular complexity index is 694. The maximum Gasteiger partial charge on any atom is 0.387 e.